The van der Waals surface area contributed by atoms with E-state index in [-0.39, 0.29) is 0 Å². The predicted octanol–water partition coefficient (Wildman–Crippen LogP) is 2.78. The lowest BCUT2D eigenvalue weighted by Crippen LogP contribution is -2.46. The summed E-state index contributed by atoms with van der Waals surface area (Å²) in [5, 5.41) is 1.26. The van der Waals surface area contributed by atoms with E-state index in [9.17, 15) is 0 Å². The highest BCUT2D eigenvalue weighted by atomic mass is 31.2. The van der Waals surface area contributed by atoms with Gasteiger partial charge in [-0.2, -0.15) is 5.50 Å². The molecular formula is C16H32N4P+. The number of nitrogens with zero attached hydrogens (tertiary/aromatic N) is 3. The minimum Gasteiger partial charge on any atom is -0.378 e. The highest BCUT2D eigenvalue weighted by Gasteiger charge is 2.47. The molecule has 0 fully saturated rings. The van der Waals surface area contributed by atoms with Crippen molar-refractivity contribution in [2.24, 2.45) is 5.50 Å². The Labute approximate surface area is 131 Å². The van der Waals surface area contributed by atoms with Gasteiger partial charge in [-0.25, -0.2) is 0 Å². The van der Waals surface area contributed by atoms with E-state index in [1.54, 1.807) is 0 Å². The van der Waals surface area contributed by atoms with Crippen LogP contribution < -0.4 is 15.7 Å². The van der Waals surface area contributed by atoms with Crippen LogP contribution in [0.3, 0.4) is 0 Å². The van der Waals surface area contributed by atoms with Crippen molar-refractivity contribution >= 4 is 18.7 Å². The number of hydrogen-bond acceptors (Lipinski definition) is 4. The van der Waals surface area contributed by atoms with E-state index in [4.69, 9.17) is 5.50 Å². The second-order valence-electron chi connectivity index (χ2n) is 5.34. The first-order valence-corrected chi connectivity index (χ1v) is 9.68. The monoisotopic (exact) mass is 311 g/mol. The van der Waals surface area contributed by atoms with E-state index in [1.807, 2.05) is 0 Å². The lowest BCUT2D eigenvalue weighted by atomic mass is 10.3. The molecule has 21 heavy (non-hydrogen) atoms. The maximum Gasteiger partial charge on any atom is 0.256 e. The zero-order chi connectivity index (χ0) is 16.0. The smallest absolute Gasteiger partial charge is 0.256 e. The highest BCUT2D eigenvalue weighted by molar-refractivity contribution is 7.76. The Balaban J connectivity index is 3.28. The van der Waals surface area contributed by atoms with Crippen molar-refractivity contribution in [1.29, 1.82) is 0 Å². The highest BCUT2D eigenvalue weighted by Crippen LogP contribution is 2.56. The Morgan fingerprint density at radius 1 is 0.810 bits per heavy atom. The van der Waals surface area contributed by atoms with E-state index < -0.39 is 7.71 Å². The summed E-state index contributed by atoms with van der Waals surface area (Å²) in [7, 11) is 2.18. The van der Waals surface area contributed by atoms with Gasteiger partial charge < -0.3 is 4.90 Å². The average Bonchev–Trinajstić information content (AvgIpc) is 2.49. The fraction of sp³-hybridized carbons (Fsp3) is 0.625. The SMILES string of the molecule is CCN(CC)[P+](N)(c1ccc(N(C)C)cc1)N(CC)CC. The number of rotatable bonds is 8. The van der Waals surface area contributed by atoms with Crippen molar-refractivity contribution in [3.05, 3.63) is 24.3 Å². The van der Waals surface area contributed by atoms with Crippen molar-refractivity contribution in [3.63, 3.8) is 0 Å². The molecular weight excluding hydrogens is 279 g/mol. The summed E-state index contributed by atoms with van der Waals surface area (Å²) in [6.07, 6.45) is 0. The van der Waals surface area contributed by atoms with Gasteiger partial charge in [0.1, 0.15) is 5.30 Å². The van der Waals surface area contributed by atoms with Gasteiger partial charge in [-0.15, -0.1) is 9.34 Å². The molecule has 120 valence electrons. The molecule has 0 amide bonds. The summed E-state index contributed by atoms with van der Waals surface area (Å²) in [6.45, 7) is 12.7. The van der Waals surface area contributed by atoms with Crippen molar-refractivity contribution in [1.82, 2.24) is 9.34 Å². The third-order valence-corrected chi connectivity index (χ3v) is 7.98. The first kappa shape index (κ1) is 18.4. The molecule has 1 aromatic carbocycles. The molecule has 0 aromatic heterocycles. The summed E-state index contributed by atoms with van der Waals surface area (Å²) in [6, 6.07) is 8.76. The van der Waals surface area contributed by atoms with Gasteiger partial charge in [0.15, 0.2) is 0 Å². The van der Waals surface area contributed by atoms with Crippen LogP contribution in [0, 0.1) is 0 Å². The molecule has 5 heteroatoms. The predicted molar refractivity (Wildman–Crippen MR) is 97.4 cm³/mol. The first-order valence-electron chi connectivity index (χ1n) is 7.91. The molecule has 0 unspecified atom stereocenters. The number of nitrogens with two attached hydrogens (primary N) is 1. The molecule has 1 rings (SSSR count). The molecule has 0 heterocycles. The zero-order valence-electron chi connectivity index (χ0n) is 14.5. The molecule has 4 nitrogen and oxygen atoms in total. The fourth-order valence-corrected chi connectivity index (χ4v) is 6.11. The normalized spacial score (nSPS) is 12.2. The van der Waals surface area contributed by atoms with Gasteiger partial charge in [0.2, 0.25) is 0 Å². The van der Waals surface area contributed by atoms with Crippen molar-refractivity contribution < 1.29 is 0 Å². The van der Waals surface area contributed by atoms with Gasteiger partial charge in [0.25, 0.3) is 7.71 Å². The number of benzene rings is 1. The Kier molecular flexibility index (Phi) is 7.08. The molecule has 0 aliphatic heterocycles. The van der Waals surface area contributed by atoms with Crippen LogP contribution in [0.4, 0.5) is 5.69 Å². The van der Waals surface area contributed by atoms with Crippen molar-refractivity contribution in [2.75, 3.05) is 45.2 Å². The van der Waals surface area contributed by atoms with Gasteiger partial charge in [-0.3, -0.25) is 0 Å². The Hall–Kier alpha value is -0.670. The molecule has 0 radical (unpaired) electrons. The van der Waals surface area contributed by atoms with E-state index in [0.29, 0.717) is 0 Å². The molecule has 0 atom stereocenters. The largest absolute Gasteiger partial charge is 0.378 e. The fourth-order valence-electron chi connectivity index (χ4n) is 2.79. The molecule has 0 aliphatic carbocycles. The summed E-state index contributed by atoms with van der Waals surface area (Å²) >= 11 is 0. The van der Waals surface area contributed by atoms with Crippen molar-refractivity contribution in [3.8, 4) is 0 Å². The minimum atomic E-state index is -1.94. The summed E-state index contributed by atoms with van der Waals surface area (Å²) in [4.78, 5) is 2.12. The van der Waals surface area contributed by atoms with E-state index >= 15 is 0 Å². The summed E-state index contributed by atoms with van der Waals surface area (Å²) < 4.78 is 4.87. The molecule has 2 N–H and O–H groups in total. The Bertz CT molecular complexity index is 399. The van der Waals surface area contributed by atoms with Crippen LogP contribution in [0.25, 0.3) is 0 Å². The van der Waals surface area contributed by atoms with E-state index in [0.717, 1.165) is 26.2 Å². The van der Waals surface area contributed by atoms with Crippen molar-refractivity contribution in [2.45, 2.75) is 27.7 Å². The molecule has 0 saturated heterocycles. The summed E-state index contributed by atoms with van der Waals surface area (Å²) in [5.74, 6) is 0. The zero-order valence-corrected chi connectivity index (χ0v) is 15.4. The average molecular weight is 311 g/mol. The standard InChI is InChI=1S/C16H32N4P/c1-7-19(8-2)21(17,20(9-3)10-4)16-13-11-15(12-14-16)18(5)6/h11-14H,7-10,17H2,1-6H3/q+1. The molecule has 0 saturated carbocycles. The lowest BCUT2D eigenvalue weighted by molar-refractivity contribution is 0.413. The van der Waals surface area contributed by atoms with Crippen LogP contribution in [0.1, 0.15) is 27.7 Å². The third kappa shape index (κ3) is 3.75. The van der Waals surface area contributed by atoms with Crippen LogP contribution in [0.15, 0.2) is 24.3 Å². The van der Waals surface area contributed by atoms with Crippen LogP contribution in [0.2, 0.25) is 0 Å². The van der Waals surface area contributed by atoms with Gasteiger partial charge in [-0.1, -0.05) is 0 Å². The van der Waals surface area contributed by atoms with Gasteiger partial charge in [0.05, 0.1) is 0 Å². The van der Waals surface area contributed by atoms with E-state index in [2.05, 4.69) is 80.3 Å². The summed E-state index contributed by atoms with van der Waals surface area (Å²) in [5.41, 5.74) is 8.24. The maximum absolute atomic E-state index is 7.03. The van der Waals surface area contributed by atoms with E-state index in [1.165, 1.54) is 11.0 Å². The van der Waals surface area contributed by atoms with Gasteiger partial charge >= 0.3 is 0 Å². The topological polar surface area (TPSA) is 35.7 Å². The van der Waals surface area contributed by atoms with Crippen LogP contribution in [-0.2, 0) is 0 Å². The Morgan fingerprint density at radius 2 is 1.19 bits per heavy atom. The lowest BCUT2D eigenvalue weighted by Gasteiger charge is -2.38. The first-order chi connectivity index (χ1) is 9.95. The van der Waals surface area contributed by atoms with Gasteiger partial charge in [0, 0.05) is 46.0 Å². The van der Waals surface area contributed by atoms with Crippen LogP contribution in [0.5, 0.6) is 0 Å². The minimum absolute atomic E-state index is 0.979. The molecule has 0 spiro atoms. The quantitative estimate of drug-likeness (QED) is 0.749. The molecule has 1 aromatic rings. The second-order valence-corrected chi connectivity index (χ2v) is 8.28. The molecule has 0 aliphatic rings. The van der Waals surface area contributed by atoms with Crippen LogP contribution in [-0.4, -0.2) is 49.6 Å². The van der Waals surface area contributed by atoms with Crippen LogP contribution >= 0.6 is 7.71 Å². The third-order valence-electron chi connectivity index (χ3n) is 4.07. The number of hydrogen-bond donors (Lipinski definition) is 1. The Morgan fingerprint density at radius 3 is 1.48 bits per heavy atom. The molecule has 0 bridgehead atoms. The van der Waals surface area contributed by atoms with Gasteiger partial charge in [-0.05, 0) is 52.0 Å². The second kappa shape index (κ2) is 8.09. The maximum atomic E-state index is 7.03. The number of anilines is 1.